The number of esters is 11. The van der Waals surface area contributed by atoms with E-state index in [1.807, 2.05) is 0 Å². The van der Waals surface area contributed by atoms with Crippen molar-refractivity contribution >= 4 is 65.7 Å². The number of hydrogen-bond acceptors (Lipinski definition) is 27. The molecule has 0 aliphatic carbocycles. The van der Waals surface area contributed by atoms with Crippen molar-refractivity contribution in [2.45, 2.75) is 136 Å². The zero-order valence-corrected chi connectivity index (χ0v) is 50.0. The Morgan fingerprint density at radius 1 is 0.407 bits per heavy atom. The minimum absolute atomic E-state index is 0.0541. The van der Waals surface area contributed by atoms with E-state index in [4.69, 9.17) is 75.8 Å². The van der Waals surface area contributed by atoms with Crippen LogP contribution < -0.4 is 14.2 Å². The molecule has 2 fully saturated rings. The van der Waals surface area contributed by atoms with Crippen molar-refractivity contribution in [3.8, 4) is 23.0 Å². The Bertz CT molecular complexity index is 3450. The van der Waals surface area contributed by atoms with Crippen molar-refractivity contribution < 1.29 is 129 Å². The molecule has 4 aliphatic heterocycles. The quantitative estimate of drug-likeness (QED) is 0.0498. The summed E-state index contributed by atoms with van der Waals surface area (Å²) in [6, 6.07) is 27.5. The van der Waals surface area contributed by atoms with Crippen LogP contribution in [0.25, 0.3) is 0 Å². The third-order valence-electron chi connectivity index (χ3n) is 14.3. The van der Waals surface area contributed by atoms with E-state index in [0.717, 1.165) is 55.4 Å². The number of ether oxygens (including phenoxy) is 16. The number of hydrogen-bond donors (Lipinski definition) is 0. The highest BCUT2D eigenvalue weighted by Crippen LogP contribution is 2.60. The van der Waals surface area contributed by atoms with E-state index < -0.39 is 159 Å². The highest BCUT2D eigenvalue weighted by molar-refractivity contribution is 5.98. The summed E-state index contributed by atoms with van der Waals surface area (Å²) in [5.74, 6) is -11.0. The Hall–Kier alpha value is -10.1. The molecule has 478 valence electrons. The van der Waals surface area contributed by atoms with Crippen LogP contribution in [-0.4, -0.2) is 140 Å². The van der Waals surface area contributed by atoms with E-state index in [1.165, 1.54) is 54.6 Å². The lowest BCUT2D eigenvalue weighted by Gasteiger charge is -2.44. The summed E-state index contributed by atoms with van der Waals surface area (Å²) in [6.07, 6.45) is -16.8. The largest absolute Gasteiger partial charge is 0.463 e. The van der Waals surface area contributed by atoms with Gasteiger partial charge in [0.1, 0.15) is 48.4 Å². The molecule has 0 unspecified atom stereocenters. The molecule has 91 heavy (non-hydrogen) atoms. The molecule has 4 aliphatic rings. The summed E-state index contributed by atoms with van der Waals surface area (Å²) in [4.78, 5) is 144. The van der Waals surface area contributed by atoms with Gasteiger partial charge in [0.2, 0.25) is 0 Å². The van der Waals surface area contributed by atoms with E-state index >= 15 is 0 Å². The molecule has 27 heteroatoms. The molecule has 0 amide bonds. The first-order chi connectivity index (χ1) is 43.4. The Morgan fingerprint density at radius 3 is 1.15 bits per heavy atom. The second-order valence-electron chi connectivity index (χ2n) is 20.8. The van der Waals surface area contributed by atoms with Crippen LogP contribution in [0, 0.1) is 0 Å². The second kappa shape index (κ2) is 28.2. The van der Waals surface area contributed by atoms with Gasteiger partial charge in [-0.2, -0.15) is 0 Å². The lowest BCUT2D eigenvalue weighted by Crippen LogP contribution is -2.62. The van der Waals surface area contributed by atoms with Crippen LogP contribution in [0.3, 0.4) is 0 Å². The van der Waals surface area contributed by atoms with Gasteiger partial charge in [0.05, 0.1) is 41.0 Å². The zero-order chi connectivity index (χ0) is 65.4. The summed E-state index contributed by atoms with van der Waals surface area (Å²) in [6.45, 7) is 5.49. The van der Waals surface area contributed by atoms with Gasteiger partial charge in [0.25, 0.3) is 0 Å². The Kier molecular flexibility index (Phi) is 20.2. The van der Waals surface area contributed by atoms with Gasteiger partial charge in [-0.05, 0) is 54.6 Å². The van der Waals surface area contributed by atoms with E-state index in [0.29, 0.717) is 0 Å². The van der Waals surface area contributed by atoms with Gasteiger partial charge >= 0.3 is 65.7 Å². The molecule has 9 rings (SSSR count). The Morgan fingerprint density at radius 2 is 0.769 bits per heavy atom. The predicted octanol–water partition coefficient (Wildman–Crippen LogP) is 5.89. The molecular weight excluding hydrogens is 1200 g/mol. The van der Waals surface area contributed by atoms with Crippen molar-refractivity contribution in [1.82, 2.24) is 0 Å². The fourth-order valence-corrected chi connectivity index (χ4v) is 10.8. The van der Waals surface area contributed by atoms with Crippen LogP contribution in [0.1, 0.15) is 114 Å². The summed E-state index contributed by atoms with van der Waals surface area (Å²) in [5.41, 5.74) is -1.88. The maximum absolute atomic E-state index is 14.5. The van der Waals surface area contributed by atoms with Crippen LogP contribution in [0.5, 0.6) is 23.0 Å². The number of fused-ring (bicyclic) bond motifs is 6. The van der Waals surface area contributed by atoms with Gasteiger partial charge in [-0.1, -0.05) is 54.6 Å². The smallest absolute Gasteiger partial charge is 0.343 e. The van der Waals surface area contributed by atoms with E-state index in [-0.39, 0.29) is 67.5 Å². The fraction of sp³-hybridized carbons (Fsp3) is 0.359. The topological polar surface area (TPSA) is 335 Å². The van der Waals surface area contributed by atoms with Crippen molar-refractivity contribution in [2.24, 2.45) is 0 Å². The fourth-order valence-electron chi connectivity index (χ4n) is 10.8. The van der Waals surface area contributed by atoms with Crippen molar-refractivity contribution in [2.75, 3.05) is 13.2 Å². The molecule has 4 heterocycles. The minimum atomic E-state index is -2.06. The van der Waals surface area contributed by atoms with Crippen LogP contribution >= 0.6 is 0 Å². The average Bonchev–Trinajstić information content (AvgIpc) is 1.64. The first kappa shape index (κ1) is 65.4. The van der Waals surface area contributed by atoms with Gasteiger partial charge in [-0.15, -0.1) is 0 Å². The lowest BCUT2D eigenvalue weighted by molar-refractivity contribution is -0.310. The van der Waals surface area contributed by atoms with E-state index in [1.54, 1.807) is 54.6 Å². The Balaban J connectivity index is 1.26. The third-order valence-corrected chi connectivity index (χ3v) is 14.3. The highest BCUT2D eigenvalue weighted by Gasteiger charge is 2.58. The van der Waals surface area contributed by atoms with Crippen LogP contribution in [0.4, 0.5) is 0 Å². The first-order valence-electron chi connectivity index (χ1n) is 28.2. The van der Waals surface area contributed by atoms with Crippen molar-refractivity contribution in [1.29, 1.82) is 0 Å². The molecule has 0 saturated carbocycles. The van der Waals surface area contributed by atoms with Gasteiger partial charge in [-0.3, -0.25) is 38.4 Å². The van der Waals surface area contributed by atoms with Crippen LogP contribution in [-0.2, 0) is 119 Å². The molecule has 1 spiro atoms. The number of carbonyl (C=O) groups excluding carboxylic acids is 11. The van der Waals surface area contributed by atoms with Gasteiger partial charge in [0, 0.05) is 72.1 Å². The van der Waals surface area contributed by atoms with Gasteiger partial charge in [-0.25, -0.2) is 14.4 Å². The number of benzene rings is 5. The molecule has 5 aromatic rings. The summed E-state index contributed by atoms with van der Waals surface area (Å²) in [5, 5.41) is 0. The standard InChI is InChI=1S/C64H60O27/c1-31(65)76-29-49-53(80-33(3)67)55(82-35(5)69)57(84-37(7)71)62(88-49)78-27-42-47(86-59(73)39-17-11-9-12-18-39)25-23-45-51(42)90-52-43(28-79-63-58(85-38(8)72)56(83-36(6)70)54(81-34(4)68)50(89-63)30-77-32(2)66)48(87-60(74)40-19-13-10-14-20-40)26-24-46(52)64(45)44-22-16-15-21-41(44)61(75)91-64/h9-26,49-50,53-58,62-63H,27-30H2,1-8H3/t49-,50-,53-,54-,55+,56+,57+,58+,62-,63-/m1/s1. The maximum atomic E-state index is 14.5. The van der Waals surface area contributed by atoms with Crippen molar-refractivity contribution in [3.05, 3.63) is 154 Å². The van der Waals surface area contributed by atoms with Crippen LogP contribution in [0.15, 0.2) is 109 Å². The highest BCUT2D eigenvalue weighted by atomic mass is 16.8. The summed E-state index contributed by atoms with van der Waals surface area (Å²) < 4.78 is 96.1. The minimum Gasteiger partial charge on any atom is -0.463 e. The predicted molar refractivity (Wildman–Crippen MR) is 301 cm³/mol. The molecule has 0 aromatic heterocycles. The second-order valence-corrected chi connectivity index (χ2v) is 20.8. The average molecular weight is 1260 g/mol. The monoisotopic (exact) mass is 1260 g/mol. The summed E-state index contributed by atoms with van der Waals surface area (Å²) in [7, 11) is 0. The SMILES string of the molecule is CC(=O)OC[C@H]1O[C@@H](OCc2c(OC(=O)c3ccccc3)ccc3c2Oc2c(ccc(OC(=O)c4ccccc4)c2CO[C@@H]2O[C@H](COC(C)=O)[C@@H](OC(C)=O)[C@H](OC(C)=O)[C@@H]2OC(C)=O)C32OC(=O)c3ccccc32)[C@@H](OC(C)=O)[C@@H](OC(C)=O)[C@@H]1OC(C)=O. The molecule has 0 bridgehead atoms. The maximum Gasteiger partial charge on any atom is 0.343 e. The van der Waals surface area contributed by atoms with Gasteiger partial charge < -0.3 is 75.8 Å². The number of carbonyl (C=O) groups is 11. The molecule has 10 atom stereocenters. The third kappa shape index (κ3) is 14.7. The van der Waals surface area contributed by atoms with Gasteiger partial charge in [0.15, 0.2) is 54.8 Å². The van der Waals surface area contributed by atoms with Crippen LogP contribution in [0.2, 0.25) is 0 Å². The molecule has 27 nitrogen and oxygen atoms in total. The number of rotatable bonds is 20. The zero-order valence-electron chi connectivity index (χ0n) is 50.0. The van der Waals surface area contributed by atoms with E-state index in [2.05, 4.69) is 0 Å². The molecular formula is C64H60O27. The normalized spacial score (nSPS) is 23.4. The van der Waals surface area contributed by atoms with Crippen molar-refractivity contribution in [3.63, 3.8) is 0 Å². The molecule has 0 N–H and O–H groups in total. The van der Waals surface area contributed by atoms with E-state index in [9.17, 15) is 52.7 Å². The molecule has 0 radical (unpaired) electrons. The Labute approximate surface area is 518 Å². The first-order valence-corrected chi connectivity index (χ1v) is 28.2. The lowest BCUT2D eigenvalue weighted by atomic mass is 9.76. The molecule has 2 saturated heterocycles. The summed E-state index contributed by atoms with van der Waals surface area (Å²) >= 11 is 0. The molecule has 5 aromatic carbocycles.